The quantitative estimate of drug-likeness (QED) is 0.336. The highest BCUT2D eigenvalue weighted by molar-refractivity contribution is 6.36. The zero-order chi connectivity index (χ0) is 16.6. The average molecular weight is 394 g/mol. The second-order valence-corrected chi connectivity index (χ2v) is 5.56. The number of nitrogens with zero attached hydrogens (tertiary/aromatic N) is 4. The molecule has 11 heteroatoms. The Kier molecular flexibility index (Phi) is 4.54. The highest BCUT2D eigenvalue weighted by Crippen LogP contribution is 2.23. The second-order valence-electron chi connectivity index (χ2n) is 4.17. The van der Waals surface area contributed by atoms with Gasteiger partial charge in [0.05, 0.1) is 10.8 Å². The topological polar surface area (TPSA) is 83.1 Å². The van der Waals surface area contributed by atoms with Crippen LogP contribution in [0.1, 0.15) is 0 Å². The van der Waals surface area contributed by atoms with Crippen molar-refractivity contribution in [2.45, 2.75) is 0 Å². The molecule has 0 amide bonds. The number of hydrogen-bond donors (Lipinski definition) is 2. The number of H-pyrrole nitrogens is 2. The lowest BCUT2D eigenvalue weighted by atomic mass is 10.4. The molecule has 0 aliphatic heterocycles. The van der Waals surface area contributed by atoms with Gasteiger partial charge >= 0.3 is 0 Å². The summed E-state index contributed by atoms with van der Waals surface area (Å²) in [7, 11) is 0. The largest absolute Gasteiger partial charge is 0.346 e. The van der Waals surface area contributed by atoms with Crippen molar-refractivity contribution >= 4 is 68.5 Å². The summed E-state index contributed by atoms with van der Waals surface area (Å²) >= 11 is 22.4. The third-order valence-corrected chi connectivity index (χ3v) is 3.65. The molecule has 0 atom stereocenters. The van der Waals surface area contributed by atoms with E-state index in [4.69, 9.17) is 46.4 Å². The van der Waals surface area contributed by atoms with Gasteiger partial charge in [-0.05, 0) is 29.3 Å². The van der Waals surface area contributed by atoms with E-state index >= 15 is 0 Å². The van der Waals surface area contributed by atoms with Crippen molar-refractivity contribution in [1.82, 2.24) is 29.9 Å². The van der Waals surface area contributed by atoms with Crippen molar-refractivity contribution < 1.29 is 4.39 Å². The summed E-state index contributed by atoms with van der Waals surface area (Å²) in [5, 5.41) is 1.50. The minimum Gasteiger partial charge on any atom is -0.346 e. The lowest BCUT2D eigenvalue weighted by molar-refractivity contribution is 0.639. The number of aromatic nitrogens is 6. The lowest BCUT2D eigenvalue weighted by Crippen LogP contribution is -1.85. The fourth-order valence-electron chi connectivity index (χ4n) is 1.81. The van der Waals surface area contributed by atoms with Crippen molar-refractivity contribution in [2.75, 3.05) is 0 Å². The maximum absolute atomic E-state index is 12.9. The van der Waals surface area contributed by atoms with E-state index in [0.717, 1.165) is 11.6 Å². The third kappa shape index (κ3) is 3.32. The molecule has 0 aromatic carbocycles. The standard InChI is InChI=1S/C6H2Cl2FN3.C6H3Cl2N3/c7-4-3-2(9)1-10-5(3)12-6(8)11-4;7-4-3-1-2-9-5(3)11-6(8)10-4/h1H,(H,10,11,12);1-2H,(H,9,10,11). The lowest BCUT2D eigenvalue weighted by Gasteiger charge is -1.92. The van der Waals surface area contributed by atoms with Crippen LogP contribution in [0, 0.1) is 5.82 Å². The maximum Gasteiger partial charge on any atom is 0.225 e. The number of aromatic amines is 2. The Morgan fingerprint density at radius 1 is 0.826 bits per heavy atom. The van der Waals surface area contributed by atoms with Crippen molar-refractivity contribution in [3.8, 4) is 0 Å². The van der Waals surface area contributed by atoms with Crippen molar-refractivity contribution in [3.05, 3.63) is 45.2 Å². The molecule has 4 aromatic rings. The molecule has 4 aromatic heterocycles. The molecule has 4 heterocycles. The number of nitrogens with one attached hydrogen (secondary N) is 2. The van der Waals surface area contributed by atoms with Gasteiger partial charge in [0.2, 0.25) is 10.6 Å². The van der Waals surface area contributed by atoms with E-state index in [1.54, 1.807) is 12.3 Å². The summed E-state index contributed by atoms with van der Waals surface area (Å²) in [6.07, 6.45) is 2.89. The van der Waals surface area contributed by atoms with E-state index in [2.05, 4.69) is 29.9 Å². The molecule has 0 bridgehead atoms. The molecule has 23 heavy (non-hydrogen) atoms. The van der Waals surface area contributed by atoms with Gasteiger partial charge in [0, 0.05) is 12.4 Å². The van der Waals surface area contributed by atoms with Crippen LogP contribution < -0.4 is 0 Å². The van der Waals surface area contributed by atoms with E-state index in [9.17, 15) is 4.39 Å². The smallest absolute Gasteiger partial charge is 0.225 e. The summed E-state index contributed by atoms with van der Waals surface area (Å²) in [6.45, 7) is 0. The first-order valence-corrected chi connectivity index (χ1v) is 7.48. The first kappa shape index (κ1) is 16.2. The van der Waals surface area contributed by atoms with Crippen LogP contribution in [0.2, 0.25) is 20.9 Å². The molecule has 0 fully saturated rings. The zero-order valence-corrected chi connectivity index (χ0v) is 13.9. The molecule has 0 saturated carbocycles. The van der Waals surface area contributed by atoms with Crippen molar-refractivity contribution in [2.24, 2.45) is 0 Å². The third-order valence-electron chi connectivity index (χ3n) is 2.75. The highest BCUT2D eigenvalue weighted by atomic mass is 35.5. The van der Waals surface area contributed by atoms with Gasteiger partial charge < -0.3 is 9.97 Å². The van der Waals surface area contributed by atoms with Gasteiger partial charge in [-0.25, -0.2) is 14.4 Å². The minimum atomic E-state index is -0.480. The molecule has 4 rings (SSSR count). The van der Waals surface area contributed by atoms with Crippen LogP contribution in [0.5, 0.6) is 0 Å². The van der Waals surface area contributed by atoms with Crippen LogP contribution in [0.25, 0.3) is 22.1 Å². The Labute approximate surface area is 148 Å². The van der Waals surface area contributed by atoms with Crippen LogP contribution in [0.15, 0.2) is 18.5 Å². The molecular formula is C12H5Cl4FN6. The normalized spacial score (nSPS) is 10.8. The Morgan fingerprint density at radius 3 is 2.22 bits per heavy atom. The van der Waals surface area contributed by atoms with E-state index < -0.39 is 5.82 Å². The molecule has 0 aliphatic rings. The molecule has 0 saturated heterocycles. The fourth-order valence-corrected chi connectivity index (χ4v) is 2.72. The summed E-state index contributed by atoms with van der Waals surface area (Å²) < 4.78 is 12.9. The van der Waals surface area contributed by atoms with Crippen LogP contribution in [-0.2, 0) is 0 Å². The van der Waals surface area contributed by atoms with E-state index in [1.807, 2.05) is 0 Å². The Bertz CT molecular complexity index is 998. The number of hydrogen-bond acceptors (Lipinski definition) is 4. The van der Waals surface area contributed by atoms with Gasteiger partial charge in [0.25, 0.3) is 0 Å². The average Bonchev–Trinajstić information content (AvgIpc) is 3.06. The Morgan fingerprint density at radius 2 is 1.48 bits per heavy atom. The number of fused-ring (bicyclic) bond motifs is 2. The molecule has 0 radical (unpaired) electrons. The molecule has 0 unspecified atom stereocenters. The van der Waals surface area contributed by atoms with E-state index in [0.29, 0.717) is 16.4 Å². The second kappa shape index (κ2) is 6.45. The highest BCUT2D eigenvalue weighted by Gasteiger charge is 2.10. The van der Waals surface area contributed by atoms with Crippen LogP contribution in [-0.4, -0.2) is 29.9 Å². The first-order chi connectivity index (χ1) is 11.0. The summed E-state index contributed by atoms with van der Waals surface area (Å²) in [4.78, 5) is 20.5. The van der Waals surface area contributed by atoms with Crippen LogP contribution >= 0.6 is 46.4 Å². The zero-order valence-electron chi connectivity index (χ0n) is 10.9. The first-order valence-electron chi connectivity index (χ1n) is 5.97. The van der Waals surface area contributed by atoms with Gasteiger partial charge in [-0.2, -0.15) is 9.97 Å². The Balaban J connectivity index is 0.000000136. The van der Waals surface area contributed by atoms with Crippen LogP contribution in [0.3, 0.4) is 0 Å². The van der Waals surface area contributed by atoms with Gasteiger partial charge in [-0.1, -0.05) is 23.2 Å². The molecule has 6 nitrogen and oxygen atoms in total. The summed E-state index contributed by atoms with van der Waals surface area (Å²) in [6, 6.07) is 1.80. The van der Waals surface area contributed by atoms with Gasteiger partial charge in [0.15, 0.2) is 5.82 Å². The van der Waals surface area contributed by atoms with E-state index in [1.165, 1.54) is 0 Å². The molecule has 2 N–H and O–H groups in total. The monoisotopic (exact) mass is 392 g/mol. The van der Waals surface area contributed by atoms with Crippen LogP contribution in [0.4, 0.5) is 4.39 Å². The van der Waals surface area contributed by atoms with Crippen molar-refractivity contribution in [3.63, 3.8) is 0 Å². The van der Waals surface area contributed by atoms with Gasteiger partial charge in [0.1, 0.15) is 21.6 Å². The fraction of sp³-hybridized carbons (Fsp3) is 0. The molecule has 118 valence electrons. The predicted molar refractivity (Wildman–Crippen MR) is 87.8 cm³/mol. The number of rotatable bonds is 0. The minimum absolute atomic E-state index is 0.00523. The van der Waals surface area contributed by atoms with E-state index in [-0.39, 0.29) is 21.1 Å². The van der Waals surface area contributed by atoms with Gasteiger partial charge in [-0.3, -0.25) is 0 Å². The predicted octanol–water partition coefficient (Wildman–Crippen LogP) is 4.67. The molecule has 0 aliphatic carbocycles. The van der Waals surface area contributed by atoms with Crippen molar-refractivity contribution in [1.29, 1.82) is 0 Å². The summed E-state index contributed by atoms with van der Waals surface area (Å²) in [5.41, 5.74) is 0.965. The molecular weight excluding hydrogens is 389 g/mol. The Hall–Kier alpha value is -1.67. The summed E-state index contributed by atoms with van der Waals surface area (Å²) in [5.74, 6) is -0.480. The molecule has 0 spiro atoms. The maximum atomic E-state index is 12.9. The number of halogens is 5. The van der Waals surface area contributed by atoms with Gasteiger partial charge in [-0.15, -0.1) is 0 Å². The SMILES string of the molecule is Clc1nc(Cl)c2cc[nH]c2n1.Fc1c[nH]c2nc(Cl)nc(Cl)c12.